The van der Waals surface area contributed by atoms with Crippen LogP contribution in [-0.2, 0) is 0 Å². The van der Waals surface area contributed by atoms with E-state index in [0.29, 0.717) is 34.5 Å². The third kappa shape index (κ3) is 4.62. The van der Waals surface area contributed by atoms with E-state index in [0.717, 1.165) is 18.4 Å². The van der Waals surface area contributed by atoms with Crippen LogP contribution < -0.4 is 5.56 Å². The molecule has 4 aromatic rings. The number of hydrogen-bond acceptors (Lipinski definition) is 3. The summed E-state index contributed by atoms with van der Waals surface area (Å²) in [7, 11) is 0. The molecule has 1 unspecified atom stereocenters. The van der Waals surface area contributed by atoms with E-state index in [1.165, 1.54) is 16.7 Å². The summed E-state index contributed by atoms with van der Waals surface area (Å²) in [4.78, 5) is 33.8. The molecule has 6 heteroatoms. The third-order valence-corrected chi connectivity index (χ3v) is 6.04. The van der Waals surface area contributed by atoms with Crippen LogP contribution in [0.4, 0.5) is 4.39 Å². The molecule has 0 aliphatic rings. The fraction of sp³-hybridized carbons (Fsp3) is 0.250. The minimum Gasteiger partial charge on any atom is -0.329 e. The molecule has 5 nitrogen and oxygen atoms in total. The molecule has 0 fully saturated rings. The van der Waals surface area contributed by atoms with E-state index in [-0.39, 0.29) is 17.3 Å². The number of unbranched alkanes of at least 4 members (excludes halogenated alkanes) is 1. The van der Waals surface area contributed by atoms with Gasteiger partial charge in [0.1, 0.15) is 11.6 Å². The van der Waals surface area contributed by atoms with Crippen LogP contribution in [0.2, 0.25) is 0 Å². The second-order valence-corrected chi connectivity index (χ2v) is 8.50. The van der Waals surface area contributed by atoms with Crippen LogP contribution in [0, 0.1) is 12.7 Å². The molecule has 0 bridgehead atoms. The van der Waals surface area contributed by atoms with Crippen molar-refractivity contribution in [2.75, 3.05) is 6.54 Å². The van der Waals surface area contributed by atoms with Gasteiger partial charge >= 0.3 is 0 Å². The molecule has 4 rings (SSSR count). The summed E-state index contributed by atoms with van der Waals surface area (Å²) in [6, 6.07) is 19.9. The SMILES string of the molecule is CCCCN(C(=O)c1ccc(C)cc1)C(C)c1nc2ccccc2c(=O)n1-c1ccc(F)cc1. The fourth-order valence-corrected chi connectivity index (χ4v) is 4.07. The van der Waals surface area contributed by atoms with Crippen molar-refractivity contribution in [2.24, 2.45) is 0 Å². The van der Waals surface area contributed by atoms with Gasteiger partial charge in [0.15, 0.2) is 0 Å². The summed E-state index contributed by atoms with van der Waals surface area (Å²) in [6.07, 6.45) is 1.73. The van der Waals surface area contributed by atoms with Gasteiger partial charge in [-0.15, -0.1) is 0 Å². The number of nitrogens with zero attached hydrogens (tertiary/aromatic N) is 3. The maximum absolute atomic E-state index is 13.6. The average Bonchev–Trinajstić information content (AvgIpc) is 2.85. The van der Waals surface area contributed by atoms with Crippen LogP contribution in [-0.4, -0.2) is 26.9 Å². The zero-order valence-corrected chi connectivity index (χ0v) is 19.7. The van der Waals surface area contributed by atoms with Crippen LogP contribution in [0.1, 0.15) is 54.5 Å². The Hall–Kier alpha value is -3.80. The maximum atomic E-state index is 13.6. The number of rotatable bonds is 7. The molecule has 34 heavy (non-hydrogen) atoms. The molecule has 1 atom stereocenters. The molecule has 0 N–H and O–H groups in total. The largest absolute Gasteiger partial charge is 0.329 e. The smallest absolute Gasteiger partial charge is 0.266 e. The standard InChI is InChI=1S/C28H28FN3O2/c1-4-5-18-31(27(33)21-12-10-19(2)11-13-21)20(3)26-30-25-9-7-6-8-24(25)28(34)32(26)23-16-14-22(29)15-17-23/h6-17,20H,4-5,18H2,1-3H3. The lowest BCUT2D eigenvalue weighted by Crippen LogP contribution is -2.38. The van der Waals surface area contributed by atoms with Crippen molar-refractivity contribution >= 4 is 16.8 Å². The molecule has 0 saturated heterocycles. The number of aryl methyl sites for hydroxylation is 1. The summed E-state index contributed by atoms with van der Waals surface area (Å²) in [6.45, 7) is 6.46. The monoisotopic (exact) mass is 457 g/mol. The summed E-state index contributed by atoms with van der Waals surface area (Å²) < 4.78 is 15.1. The van der Waals surface area contributed by atoms with E-state index in [2.05, 4.69) is 6.92 Å². The Balaban J connectivity index is 1.88. The Morgan fingerprint density at radius 3 is 2.38 bits per heavy atom. The van der Waals surface area contributed by atoms with Gasteiger partial charge in [-0.2, -0.15) is 0 Å². The van der Waals surface area contributed by atoms with Gasteiger partial charge in [0, 0.05) is 12.1 Å². The lowest BCUT2D eigenvalue weighted by atomic mass is 10.1. The van der Waals surface area contributed by atoms with Crippen molar-refractivity contribution in [1.29, 1.82) is 0 Å². The molecule has 0 spiro atoms. The van der Waals surface area contributed by atoms with Gasteiger partial charge < -0.3 is 4.90 Å². The number of halogens is 1. The Bertz CT molecular complexity index is 1360. The zero-order chi connectivity index (χ0) is 24.2. The van der Waals surface area contributed by atoms with Crippen LogP contribution in [0.3, 0.4) is 0 Å². The Morgan fingerprint density at radius 2 is 1.71 bits per heavy atom. The van der Waals surface area contributed by atoms with Crippen LogP contribution >= 0.6 is 0 Å². The summed E-state index contributed by atoms with van der Waals surface area (Å²) in [5.74, 6) is -0.0693. The number of fused-ring (bicyclic) bond motifs is 1. The normalized spacial score (nSPS) is 12.0. The van der Waals surface area contributed by atoms with E-state index in [9.17, 15) is 14.0 Å². The average molecular weight is 458 g/mol. The quantitative estimate of drug-likeness (QED) is 0.350. The molecule has 0 radical (unpaired) electrons. The van der Waals surface area contributed by atoms with Gasteiger partial charge in [-0.3, -0.25) is 14.2 Å². The van der Waals surface area contributed by atoms with Crippen LogP contribution in [0.25, 0.3) is 16.6 Å². The van der Waals surface area contributed by atoms with E-state index < -0.39 is 6.04 Å². The van der Waals surface area contributed by atoms with Gasteiger partial charge in [-0.1, -0.05) is 43.2 Å². The van der Waals surface area contributed by atoms with Crippen LogP contribution in [0.5, 0.6) is 0 Å². The summed E-state index contributed by atoms with van der Waals surface area (Å²) >= 11 is 0. The van der Waals surface area contributed by atoms with Crippen molar-refractivity contribution in [3.05, 3.63) is 106 Å². The maximum Gasteiger partial charge on any atom is 0.266 e. The topological polar surface area (TPSA) is 55.2 Å². The summed E-state index contributed by atoms with van der Waals surface area (Å²) in [5, 5.41) is 0.466. The number of hydrogen-bond donors (Lipinski definition) is 0. The number of benzene rings is 3. The lowest BCUT2D eigenvalue weighted by Gasteiger charge is -2.30. The molecular formula is C28H28FN3O2. The predicted octanol–water partition coefficient (Wildman–Crippen LogP) is 5.84. The van der Waals surface area contributed by atoms with Crippen molar-refractivity contribution in [3.8, 4) is 5.69 Å². The first-order valence-corrected chi connectivity index (χ1v) is 11.6. The Morgan fingerprint density at radius 1 is 1.03 bits per heavy atom. The Kier molecular flexibility index (Phi) is 6.87. The Labute approximate surface area is 198 Å². The molecule has 1 aromatic heterocycles. The number of carbonyl (C=O) groups excluding carboxylic acids is 1. The summed E-state index contributed by atoms with van der Waals surface area (Å²) in [5.41, 5.74) is 2.48. The first-order chi connectivity index (χ1) is 16.4. The highest BCUT2D eigenvalue weighted by Crippen LogP contribution is 2.25. The lowest BCUT2D eigenvalue weighted by molar-refractivity contribution is 0.0678. The zero-order valence-electron chi connectivity index (χ0n) is 19.7. The first-order valence-electron chi connectivity index (χ1n) is 11.6. The predicted molar refractivity (Wildman–Crippen MR) is 133 cm³/mol. The molecule has 1 heterocycles. The molecule has 174 valence electrons. The highest BCUT2D eigenvalue weighted by Gasteiger charge is 2.27. The number of para-hydroxylation sites is 1. The van der Waals surface area contributed by atoms with Crippen molar-refractivity contribution in [3.63, 3.8) is 0 Å². The van der Waals surface area contributed by atoms with Gasteiger partial charge in [-0.25, -0.2) is 9.37 Å². The number of amides is 1. The van der Waals surface area contributed by atoms with E-state index in [1.807, 2.05) is 44.2 Å². The molecular weight excluding hydrogens is 429 g/mol. The van der Waals surface area contributed by atoms with Crippen molar-refractivity contribution in [2.45, 2.75) is 39.7 Å². The molecule has 3 aromatic carbocycles. The van der Waals surface area contributed by atoms with Gasteiger partial charge in [0.05, 0.1) is 22.6 Å². The van der Waals surface area contributed by atoms with Gasteiger partial charge in [0.2, 0.25) is 0 Å². The number of aromatic nitrogens is 2. The van der Waals surface area contributed by atoms with Gasteiger partial charge in [0.25, 0.3) is 11.5 Å². The third-order valence-electron chi connectivity index (χ3n) is 6.04. The van der Waals surface area contributed by atoms with Crippen LogP contribution in [0.15, 0.2) is 77.6 Å². The van der Waals surface area contributed by atoms with Crippen molar-refractivity contribution < 1.29 is 9.18 Å². The second kappa shape index (κ2) is 10.00. The van der Waals surface area contributed by atoms with E-state index in [4.69, 9.17) is 4.98 Å². The molecule has 1 amide bonds. The second-order valence-electron chi connectivity index (χ2n) is 8.50. The first kappa shape index (κ1) is 23.4. The highest BCUT2D eigenvalue weighted by molar-refractivity contribution is 5.94. The minimum absolute atomic E-state index is 0.117. The van der Waals surface area contributed by atoms with E-state index >= 15 is 0 Å². The molecule has 0 saturated carbocycles. The molecule has 0 aliphatic heterocycles. The minimum atomic E-state index is -0.497. The highest BCUT2D eigenvalue weighted by atomic mass is 19.1. The molecule has 0 aliphatic carbocycles. The van der Waals surface area contributed by atoms with E-state index in [1.54, 1.807) is 35.2 Å². The van der Waals surface area contributed by atoms with Crippen molar-refractivity contribution in [1.82, 2.24) is 14.5 Å². The fourth-order valence-electron chi connectivity index (χ4n) is 4.07. The van der Waals surface area contributed by atoms with Gasteiger partial charge in [-0.05, 0) is 68.8 Å². The number of carbonyl (C=O) groups is 1.